The lowest BCUT2D eigenvalue weighted by Crippen LogP contribution is -2.18. The number of carbonyl (C=O) groups excluding carboxylic acids is 1. The van der Waals surface area contributed by atoms with Crippen LogP contribution in [0.3, 0.4) is 0 Å². The first-order chi connectivity index (χ1) is 10.3. The van der Waals surface area contributed by atoms with Gasteiger partial charge in [-0.1, -0.05) is 11.6 Å². The lowest BCUT2D eigenvalue weighted by atomic mass is 10.3. The third-order valence-corrected chi connectivity index (χ3v) is 4.16. The molecule has 0 unspecified atom stereocenters. The van der Waals surface area contributed by atoms with E-state index in [0.29, 0.717) is 5.69 Å². The number of amides is 1. The van der Waals surface area contributed by atoms with Crippen LogP contribution in [0.1, 0.15) is 6.92 Å². The first kappa shape index (κ1) is 16.0. The zero-order valence-electron chi connectivity index (χ0n) is 11.4. The van der Waals surface area contributed by atoms with Crippen molar-refractivity contribution in [2.45, 2.75) is 11.8 Å². The molecule has 0 aliphatic heterocycles. The molecule has 0 bridgehead atoms. The molecule has 0 saturated heterocycles. The van der Waals surface area contributed by atoms with Crippen molar-refractivity contribution in [1.82, 2.24) is 9.97 Å². The number of sulfonamides is 1. The molecular formula is C12H12ClN5O3S. The van der Waals surface area contributed by atoms with Gasteiger partial charge in [-0.2, -0.15) is 0 Å². The summed E-state index contributed by atoms with van der Waals surface area (Å²) < 4.78 is 27.1. The Morgan fingerprint density at radius 1 is 1.27 bits per heavy atom. The molecule has 0 atom stereocenters. The largest absolute Gasteiger partial charge is 0.399 e. The van der Waals surface area contributed by atoms with Crippen molar-refractivity contribution in [2.24, 2.45) is 0 Å². The second kappa shape index (κ2) is 6.16. The van der Waals surface area contributed by atoms with E-state index >= 15 is 0 Å². The summed E-state index contributed by atoms with van der Waals surface area (Å²) in [6.07, 6.45) is 2.62. The Balaban J connectivity index is 2.45. The van der Waals surface area contributed by atoms with Gasteiger partial charge in [0.05, 0.1) is 5.69 Å². The number of hydrogen-bond acceptors (Lipinski definition) is 6. The summed E-state index contributed by atoms with van der Waals surface area (Å²) in [5.41, 5.74) is 5.97. The van der Waals surface area contributed by atoms with Gasteiger partial charge in [0.25, 0.3) is 10.0 Å². The summed E-state index contributed by atoms with van der Waals surface area (Å²) in [5, 5.41) is 2.32. The van der Waals surface area contributed by atoms with Crippen LogP contribution >= 0.6 is 11.6 Å². The number of rotatable bonds is 4. The Morgan fingerprint density at radius 2 is 1.95 bits per heavy atom. The molecule has 0 radical (unpaired) electrons. The highest BCUT2D eigenvalue weighted by atomic mass is 35.5. The highest BCUT2D eigenvalue weighted by Gasteiger charge is 2.21. The van der Waals surface area contributed by atoms with Gasteiger partial charge in [-0.3, -0.25) is 9.52 Å². The highest BCUT2D eigenvalue weighted by molar-refractivity contribution is 7.92. The maximum absolute atomic E-state index is 12.4. The van der Waals surface area contributed by atoms with Gasteiger partial charge in [0, 0.05) is 25.0 Å². The molecule has 0 aliphatic rings. The monoisotopic (exact) mass is 341 g/mol. The molecule has 10 heteroatoms. The van der Waals surface area contributed by atoms with Crippen molar-refractivity contribution >= 4 is 44.7 Å². The molecule has 1 amide bonds. The quantitative estimate of drug-likeness (QED) is 0.722. The molecule has 22 heavy (non-hydrogen) atoms. The highest BCUT2D eigenvalue weighted by Crippen LogP contribution is 2.27. The van der Waals surface area contributed by atoms with Crippen molar-refractivity contribution in [1.29, 1.82) is 0 Å². The fourth-order valence-electron chi connectivity index (χ4n) is 1.64. The van der Waals surface area contributed by atoms with Crippen molar-refractivity contribution in [3.63, 3.8) is 0 Å². The maximum Gasteiger partial charge on any atom is 0.265 e. The lowest BCUT2D eigenvalue weighted by molar-refractivity contribution is -0.114. The molecule has 1 aromatic heterocycles. The Bertz CT molecular complexity index is 825. The molecule has 116 valence electrons. The van der Waals surface area contributed by atoms with E-state index in [1.807, 2.05) is 0 Å². The topological polar surface area (TPSA) is 127 Å². The van der Waals surface area contributed by atoms with E-state index < -0.39 is 15.9 Å². The van der Waals surface area contributed by atoms with Crippen LogP contribution in [0.5, 0.6) is 0 Å². The summed E-state index contributed by atoms with van der Waals surface area (Å²) in [7, 11) is -4.04. The Morgan fingerprint density at radius 3 is 2.59 bits per heavy atom. The number of anilines is 3. The second-order valence-electron chi connectivity index (χ2n) is 4.24. The third kappa shape index (κ3) is 3.62. The van der Waals surface area contributed by atoms with Gasteiger partial charge in [-0.25, -0.2) is 18.4 Å². The number of benzene rings is 1. The van der Waals surface area contributed by atoms with E-state index in [-0.39, 0.29) is 21.6 Å². The summed E-state index contributed by atoms with van der Waals surface area (Å²) in [4.78, 5) is 18.6. The fraction of sp³-hybridized carbons (Fsp3) is 0.0833. The van der Waals surface area contributed by atoms with E-state index in [1.54, 1.807) is 0 Å². The van der Waals surface area contributed by atoms with Crippen LogP contribution in [0, 0.1) is 0 Å². The van der Waals surface area contributed by atoms with Crippen LogP contribution in [0.15, 0.2) is 35.5 Å². The Labute approximate surface area is 131 Å². The lowest BCUT2D eigenvalue weighted by Gasteiger charge is -2.13. The molecule has 2 aromatic rings. The Hall–Kier alpha value is -2.39. The van der Waals surface area contributed by atoms with Crippen LogP contribution in [-0.2, 0) is 14.8 Å². The van der Waals surface area contributed by atoms with Gasteiger partial charge >= 0.3 is 0 Å². The molecule has 0 spiro atoms. The zero-order valence-corrected chi connectivity index (χ0v) is 12.9. The van der Waals surface area contributed by atoms with E-state index in [1.165, 1.54) is 37.5 Å². The number of nitrogens with one attached hydrogen (secondary N) is 2. The van der Waals surface area contributed by atoms with Crippen LogP contribution < -0.4 is 15.8 Å². The number of nitrogens with two attached hydrogens (primary N) is 1. The average Bonchev–Trinajstić information content (AvgIpc) is 2.40. The predicted octanol–water partition coefficient (Wildman–Crippen LogP) is 1.47. The van der Waals surface area contributed by atoms with Crippen LogP contribution in [0.2, 0.25) is 5.15 Å². The van der Waals surface area contributed by atoms with E-state index in [2.05, 4.69) is 20.0 Å². The Kier molecular flexibility index (Phi) is 4.48. The molecule has 0 aliphatic carbocycles. The van der Waals surface area contributed by atoms with E-state index in [9.17, 15) is 13.2 Å². The number of nitrogens with zero attached hydrogens (tertiary/aromatic N) is 2. The van der Waals surface area contributed by atoms with Gasteiger partial charge in [-0.15, -0.1) is 0 Å². The molecule has 4 N–H and O–H groups in total. The zero-order chi connectivity index (χ0) is 16.3. The smallest absolute Gasteiger partial charge is 0.265 e. The van der Waals surface area contributed by atoms with Gasteiger partial charge in [0.15, 0.2) is 11.0 Å². The second-order valence-corrected chi connectivity index (χ2v) is 6.25. The molecule has 1 aromatic carbocycles. The molecule has 1 heterocycles. The van der Waals surface area contributed by atoms with Crippen molar-refractivity contribution in [3.8, 4) is 0 Å². The predicted molar refractivity (Wildman–Crippen MR) is 83.0 cm³/mol. The van der Waals surface area contributed by atoms with E-state index in [0.717, 1.165) is 0 Å². The first-order valence-electron chi connectivity index (χ1n) is 5.96. The molecule has 8 nitrogen and oxygen atoms in total. The van der Waals surface area contributed by atoms with E-state index in [4.69, 9.17) is 17.3 Å². The first-order valence-corrected chi connectivity index (χ1v) is 7.82. The van der Waals surface area contributed by atoms with Crippen LogP contribution in [0.25, 0.3) is 0 Å². The number of halogens is 1. The van der Waals surface area contributed by atoms with Crippen LogP contribution in [-0.4, -0.2) is 24.3 Å². The summed E-state index contributed by atoms with van der Waals surface area (Å²) >= 11 is 5.78. The van der Waals surface area contributed by atoms with Gasteiger partial charge in [0.1, 0.15) is 4.90 Å². The maximum atomic E-state index is 12.4. The number of carbonyl (C=O) groups is 1. The standard InChI is InChI=1S/C12H12ClN5O3S/c1-7(19)17-9-6-8(14)2-3-10(9)22(20,21)18-12-11(13)15-4-5-16-12/h2-6H,14H2,1H3,(H,16,18)(H,17,19). The molecule has 0 fully saturated rings. The minimum atomic E-state index is -4.04. The molecule has 0 saturated carbocycles. The number of hydrogen-bond donors (Lipinski definition) is 3. The van der Waals surface area contributed by atoms with Gasteiger partial charge < -0.3 is 11.1 Å². The average molecular weight is 342 g/mol. The molecule has 2 rings (SSSR count). The minimum Gasteiger partial charge on any atom is -0.399 e. The van der Waals surface area contributed by atoms with Crippen molar-refractivity contribution in [3.05, 3.63) is 35.7 Å². The van der Waals surface area contributed by atoms with Crippen LogP contribution in [0.4, 0.5) is 17.2 Å². The molecular weight excluding hydrogens is 330 g/mol. The third-order valence-electron chi connectivity index (χ3n) is 2.49. The van der Waals surface area contributed by atoms with Crippen molar-refractivity contribution < 1.29 is 13.2 Å². The van der Waals surface area contributed by atoms with Crippen molar-refractivity contribution in [2.75, 3.05) is 15.8 Å². The van der Waals surface area contributed by atoms with Gasteiger partial charge in [0.2, 0.25) is 5.91 Å². The van der Waals surface area contributed by atoms with Gasteiger partial charge in [-0.05, 0) is 18.2 Å². The fourth-order valence-corrected chi connectivity index (χ4v) is 3.01. The number of nitrogen functional groups attached to an aromatic ring is 1. The summed E-state index contributed by atoms with van der Waals surface area (Å²) in [5.74, 6) is -0.547. The minimum absolute atomic E-state index is 0.0556. The number of aromatic nitrogens is 2. The SMILES string of the molecule is CC(=O)Nc1cc(N)ccc1S(=O)(=O)Nc1nccnc1Cl. The summed E-state index contributed by atoms with van der Waals surface area (Å²) in [6, 6.07) is 4.01. The summed E-state index contributed by atoms with van der Waals surface area (Å²) in [6.45, 7) is 1.26. The normalized spacial score (nSPS) is 11.0.